The third-order valence-corrected chi connectivity index (χ3v) is 15.5. The van der Waals surface area contributed by atoms with E-state index in [-0.39, 0.29) is 114 Å². The van der Waals surface area contributed by atoms with Crippen molar-refractivity contribution in [3.05, 3.63) is 173 Å². The molecular formula is C56H57N7O6. The molecule has 2 heterocycles. The molecule has 12 atom stereocenters. The van der Waals surface area contributed by atoms with Crippen LogP contribution in [-0.2, 0) is 19.2 Å². The molecular weight excluding hydrogens is 867 g/mol. The van der Waals surface area contributed by atoms with Crippen molar-refractivity contribution in [3.63, 3.8) is 0 Å². The van der Waals surface area contributed by atoms with E-state index in [0.717, 1.165) is 47.9 Å². The summed E-state index contributed by atoms with van der Waals surface area (Å²) in [6.07, 6.45) is 3.21. The number of hydrogen-bond acceptors (Lipinski definition) is 7. The van der Waals surface area contributed by atoms with Crippen LogP contribution in [0.4, 0.5) is 5.69 Å². The highest BCUT2D eigenvalue weighted by molar-refractivity contribution is 6.04. The molecule has 0 spiro atoms. The highest BCUT2D eigenvalue weighted by Crippen LogP contribution is 2.45. The van der Waals surface area contributed by atoms with Crippen LogP contribution in [0.25, 0.3) is 0 Å². The number of anilines is 1. The fourth-order valence-electron chi connectivity index (χ4n) is 11.1. The van der Waals surface area contributed by atoms with Gasteiger partial charge in [-0.05, 0) is 66.1 Å². The van der Waals surface area contributed by atoms with Crippen LogP contribution in [0.1, 0.15) is 92.3 Å². The molecule has 6 amide bonds. The Balaban J connectivity index is 0.770. The summed E-state index contributed by atoms with van der Waals surface area (Å²) in [4.78, 5) is 87.8. The zero-order valence-corrected chi connectivity index (χ0v) is 38.3. The molecule has 4 aliphatic carbocycles. The minimum atomic E-state index is -0.777. The van der Waals surface area contributed by atoms with Crippen molar-refractivity contribution >= 4 is 41.1 Å². The molecule has 6 fully saturated rings. The van der Waals surface area contributed by atoms with E-state index in [1.54, 1.807) is 0 Å². The fourth-order valence-corrected chi connectivity index (χ4v) is 11.1. The zero-order chi connectivity index (χ0) is 47.3. The number of nitrogen functional groups attached to an aromatic ring is 1. The van der Waals surface area contributed by atoms with Gasteiger partial charge in [-0.15, -0.1) is 0 Å². The number of benzene rings is 5. The summed E-state index contributed by atoms with van der Waals surface area (Å²) >= 11 is 0. The minimum Gasteiger partial charge on any atom is -0.398 e. The van der Waals surface area contributed by atoms with Crippen molar-refractivity contribution in [2.45, 2.75) is 73.5 Å². The molecule has 69 heavy (non-hydrogen) atoms. The first-order valence-electron chi connectivity index (χ1n) is 24.5. The molecule has 2 aliphatic heterocycles. The second-order valence-corrected chi connectivity index (χ2v) is 20.1. The van der Waals surface area contributed by atoms with Gasteiger partial charge in [0.15, 0.2) is 0 Å². The molecule has 4 saturated carbocycles. The number of likely N-dealkylation sites (tertiary alicyclic amines) is 2. The summed E-state index contributed by atoms with van der Waals surface area (Å²) < 4.78 is 0. The van der Waals surface area contributed by atoms with Gasteiger partial charge in [0, 0.05) is 85.3 Å². The lowest BCUT2D eigenvalue weighted by atomic mass is 9.94. The van der Waals surface area contributed by atoms with E-state index in [4.69, 9.17) is 5.73 Å². The fraction of sp³-hybridized carbons (Fsp3) is 0.357. The average molecular weight is 924 g/mol. The Morgan fingerprint density at radius 2 is 0.681 bits per heavy atom. The van der Waals surface area contributed by atoms with E-state index in [9.17, 15) is 28.8 Å². The van der Waals surface area contributed by atoms with Gasteiger partial charge >= 0.3 is 0 Å². The number of nitrogens with two attached hydrogens (primary N) is 1. The smallest absolute Gasteiger partial charge is 0.255 e. The predicted octanol–water partition coefficient (Wildman–Crippen LogP) is 5.33. The Hall–Kier alpha value is -7.28. The van der Waals surface area contributed by atoms with Gasteiger partial charge in [0.1, 0.15) is 0 Å². The van der Waals surface area contributed by atoms with E-state index >= 15 is 0 Å². The maximum absolute atomic E-state index is 14.3. The lowest BCUT2D eigenvalue weighted by Gasteiger charge is -2.19. The molecule has 13 heteroatoms. The molecule has 2 saturated heterocycles. The van der Waals surface area contributed by atoms with Gasteiger partial charge in [-0.25, -0.2) is 0 Å². The third kappa shape index (κ3) is 9.34. The molecule has 6 N–H and O–H groups in total. The van der Waals surface area contributed by atoms with Gasteiger partial charge in [-0.1, -0.05) is 121 Å². The van der Waals surface area contributed by atoms with E-state index in [2.05, 4.69) is 69.8 Å². The molecule has 11 rings (SSSR count). The Kier molecular flexibility index (Phi) is 11.7. The van der Waals surface area contributed by atoms with E-state index in [0.29, 0.717) is 0 Å². The van der Waals surface area contributed by atoms with Crippen LogP contribution in [0.2, 0.25) is 0 Å². The van der Waals surface area contributed by atoms with Crippen molar-refractivity contribution in [1.29, 1.82) is 0 Å². The first kappa shape index (κ1) is 44.2. The minimum absolute atomic E-state index is 0.0268. The first-order valence-corrected chi connectivity index (χ1v) is 24.5. The quantitative estimate of drug-likeness (QED) is 0.0933. The van der Waals surface area contributed by atoms with Crippen LogP contribution in [0.15, 0.2) is 140 Å². The van der Waals surface area contributed by atoms with Crippen molar-refractivity contribution in [1.82, 2.24) is 31.1 Å². The first-order chi connectivity index (χ1) is 33.6. The van der Waals surface area contributed by atoms with E-state index in [1.165, 1.54) is 28.0 Å². The molecule has 0 bridgehead atoms. The van der Waals surface area contributed by atoms with Crippen molar-refractivity contribution in [2.24, 2.45) is 23.7 Å². The third-order valence-electron chi connectivity index (χ3n) is 15.5. The van der Waals surface area contributed by atoms with Crippen molar-refractivity contribution in [3.8, 4) is 0 Å². The largest absolute Gasteiger partial charge is 0.398 e. The Morgan fingerprint density at radius 1 is 0.391 bits per heavy atom. The van der Waals surface area contributed by atoms with Gasteiger partial charge in [0.25, 0.3) is 11.8 Å². The number of carbonyl (C=O) groups is 6. The van der Waals surface area contributed by atoms with Gasteiger partial charge in [0.05, 0.1) is 29.2 Å². The topological polar surface area (TPSA) is 183 Å². The van der Waals surface area contributed by atoms with Gasteiger partial charge in [0.2, 0.25) is 23.6 Å². The van der Waals surface area contributed by atoms with Crippen LogP contribution in [0.5, 0.6) is 0 Å². The predicted molar refractivity (Wildman–Crippen MR) is 260 cm³/mol. The standard InChI is InChI=1S/C56H57N7O6/c57-46-23-36(55(68)62-28-42(51(64)58-47-24-38(47)32-13-5-1-6-14-32)43(29-62)52(65)59-48-25-39(48)33-15-7-2-8-16-33)21-22-37(46)56(69)63-30-44(53(66)60-49-26-40(49)34-17-9-3-10-18-34)45(31-63)54(67)61-50-27-41(50)35-19-11-4-12-20-35/h1-23,38-45,47-50H,24-31,57H2,(H,58,64)(H,59,65)(H,60,66)(H,61,67)/t38-,39-,40-,41-,42-,43-,44-,45-,47+,48+,49+,50+/m1/s1. The Bertz CT molecular complexity index is 2630. The molecule has 5 aromatic carbocycles. The lowest BCUT2D eigenvalue weighted by Crippen LogP contribution is -2.43. The number of hydrogen-bond donors (Lipinski definition) is 5. The molecule has 5 aromatic rings. The molecule has 0 aromatic heterocycles. The second kappa shape index (κ2) is 18.3. The van der Waals surface area contributed by atoms with Crippen molar-refractivity contribution in [2.75, 3.05) is 31.9 Å². The molecule has 0 radical (unpaired) electrons. The molecule has 352 valence electrons. The summed E-state index contributed by atoms with van der Waals surface area (Å²) in [5, 5.41) is 12.7. The maximum Gasteiger partial charge on any atom is 0.255 e. The summed E-state index contributed by atoms with van der Waals surface area (Å²) in [6.45, 7) is 0.136. The Morgan fingerprint density at radius 3 is 0.971 bits per heavy atom. The number of nitrogens with zero attached hydrogens (tertiary/aromatic N) is 2. The zero-order valence-electron chi connectivity index (χ0n) is 38.3. The summed E-state index contributed by atoms with van der Waals surface area (Å²) in [5.41, 5.74) is 11.6. The summed E-state index contributed by atoms with van der Waals surface area (Å²) in [5.74, 6) is -4.19. The number of rotatable bonds is 14. The lowest BCUT2D eigenvalue weighted by molar-refractivity contribution is -0.133. The SMILES string of the molecule is Nc1cc(C(=O)N2C[C@@H](C(=O)N[C@H]3C[C@@H]3c3ccccc3)[C@H](C(=O)N[C@H]3C[C@@H]3c3ccccc3)C2)ccc1C(=O)N1C[C@@H](C(=O)N[C@H]2C[C@@H]2c2ccccc2)[C@H](C(=O)N[C@H]2C[C@@H]2c2ccccc2)C1. The molecule has 0 unspecified atom stereocenters. The van der Waals surface area contributed by atoms with Crippen LogP contribution >= 0.6 is 0 Å². The molecule has 6 aliphatic rings. The van der Waals surface area contributed by atoms with Gasteiger partial charge in [-0.2, -0.15) is 0 Å². The van der Waals surface area contributed by atoms with Gasteiger partial charge < -0.3 is 36.8 Å². The number of nitrogens with one attached hydrogen (secondary N) is 4. The van der Waals surface area contributed by atoms with E-state index < -0.39 is 35.5 Å². The highest BCUT2D eigenvalue weighted by Gasteiger charge is 2.51. The normalized spacial score (nSPS) is 29.3. The monoisotopic (exact) mass is 923 g/mol. The van der Waals surface area contributed by atoms with Crippen LogP contribution < -0.4 is 27.0 Å². The van der Waals surface area contributed by atoms with Crippen LogP contribution in [0.3, 0.4) is 0 Å². The van der Waals surface area contributed by atoms with Crippen LogP contribution in [0, 0.1) is 23.7 Å². The highest BCUT2D eigenvalue weighted by atomic mass is 16.2. The molecule has 13 nitrogen and oxygen atoms in total. The van der Waals surface area contributed by atoms with Crippen LogP contribution in [-0.4, -0.2) is 95.6 Å². The number of carbonyl (C=O) groups excluding carboxylic acids is 6. The number of amides is 6. The Labute approximate surface area is 401 Å². The summed E-state index contributed by atoms with van der Waals surface area (Å²) in [6, 6.07) is 44.4. The maximum atomic E-state index is 14.3. The summed E-state index contributed by atoms with van der Waals surface area (Å²) in [7, 11) is 0. The van der Waals surface area contributed by atoms with Gasteiger partial charge in [-0.3, -0.25) is 28.8 Å². The van der Waals surface area contributed by atoms with Crippen molar-refractivity contribution < 1.29 is 28.8 Å². The van der Waals surface area contributed by atoms with E-state index in [1.807, 2.05) is 72.8 Å². The average Bonchev–Trinajstić information content (AvgIpc) is 4.31. The second-order valence-electron chi connectivity index (χ2n) is 20.1.